The van der Waals surface area contributed by atoms with Crippen LogP contribution in [0.5, 0.6) is 0 Å². The first-order valence-corrected chi connectivity index (χ1v) is 8.27. The van der Waals surface area contributed by atoms with Crippen molar-refractivity contribution >= 4 is 15.7 Å². The topological polar surface area (TPSA) is 72.2 Å². The van der Waals surface area contributed by atoms with Crippen LogP contribution in [0.1, 0.15) is 43.2 Å². The van der Waals surface area contributed by atoms with Crippen molar-refractivity contribution < 1.29 is 8.42 Å². The molecule has 0 saturated heterocycles. The first-order valence-electron chi connectivity index (χ1n) is 6.79. The van der Waals surface area contributed by atoms with Crippen molar-refractivity contribution in [3.63, 3.8) is 0 Å². The largest absolute Gasteiger partial charge is 0.398 e. The van der Waals surface area contributed by atoms with Crippen LogP contribution in [-0.2, 0) is 10.0 Å². The van der Waals surface area contributed by atoms with Gasteiger partial charge >= 0.3 is 0 Å². The van der Waals surface area contributed by atoms with Gasteiger partial charge < -0.3 is 5.73 Å². The standard InChI is InChI=1S/C14H22N2O2S/c1-10-8-13(15)14(9-11(10)2)19(17,18)16-12-6-4-3-5-7-12/h8-9,12,16H,3-7,15H2,1-2H3. The first-order chi connectivity index (χ1) is 8.90. The van der Waals surface area contributed by atoms with E-state index in [-0.39, 0.29) is 10.9 Å². The molecule has 3 N–H and O–H groups in total. The molecule has 0 unspecified atom stereocenters. The minimum atomic E-state index is -3.50. The number of nitrogens with two attached hydrogens (primary N) is 1. The van der Waals surface area contributed by atoms with Crippen LogP contribution >= 0.6 is 0 Å². The highest BCUT2D eigenvalue weighted by molar-refractivity contribution is 7.89. The first kappa shape index (κ1) is 14.3. The number of aryl methyl sites for hydroxylation is 2. The van der Waals surface area contributed by atoms with Crippen LogP contribution in [0, 0.1) is 13.8 Å². The molecule has 1 aliphatic rings. The van der Waals surface area contributed by atoms with E-state index in [1.807, 2.05) is 13.8 Å². The van der Waals surface area contributed by atoms with E-state index in [1.54, 1.807) is 12.1 Å². The van der Waals surface area contributed by atoms with Gasteiger partial charge in [0, 0.05) is 6.04 Å². The molecule has 1 aromatic carbocycles. The van der Waals surface area contributed by atoms with E-state index in [2.05, 4.69) is 4.72 Å². The SMILES string of the molecule is Cc1cc(N)c(S(=O)(=O)NC2CCCCC2)cc1C. The van der Waals surface area contributed by atoms with Crippen molar-refractivity contribution in [3.8, 4) is 0 Å². The Morgan fingerprint density at radius 2 is 1.68 bits per heavy atom. The Bertz CT molecular complexity index is 561. The van der Waals surface area contributed by atoms with Crippen LogP contribution < -0.4 is 10.5 Å². The predicted molar refractivity (Wildman–Crippen MR) is 77.5 cm³/mol. The van der Waals surface area contributed by atoms with Crippen LogP contribution in [0.4, 0.5) is 5.69 Å². The third kappa shape index (κ3) is 3.28. The van der Waals surface area contributed by atoms with Gasteiger partial charge in [0.05, 0.1) is 5.69 Å². The van der Waals surface area contributed by atoms with Gasteiger partial charge in [0.25, 0.3) is 0 Å². The Morgan fingerprint density at radius 1 is 1.11 bits per heavy atom. The lowest BCUT2D eigenvalue weighted by atomic mass is 9.96. The molecule has 0 aromatic heterocycles. The number of nitrogens with one attached hydrogen (secondary N) is 1. The predicted octanol–water partition coefficient (Wildman–Crippen LogP) is 2.50. The molecule has 0 radical (unpaired) electrons. The third-order valence-electron chi connectivity index (χ3n) is 3.84. The number of anilines is 1. The molecule has 1 saturated carbocycles. The van der Waals surface area contributed by atoms with Gasteiger partial charge in [-0.15, -0.1) is 0 Å². The van der Waals surface area contributed by atoms with Gasteiger partial charge in [-0.25, -0.2) is 13.1 Å². The zero-order valence-electron chi connectivity index (χ0n) is 11.6. The van der Waals surface area contributed by atoms with E-state index >= 15 is 0 Å². The Hall–Kier alpha value is -1.07. The Labute approximate surface area is 115 Å². The number of rotatable bonds is 3. The summed E-state index contributed by atoms with van der Waals surface area (Å²) < 4.78 is 27.6. The van der Waals surface area contributed by atoms with Gasteiger partial charge in [-0.05, 0) is 49.9 Å². The molecule has 0 heterocycles. The summed E-state index contributed by atoms with van der Waals surface area (Å²) in [6.07, 6.45) is 5.23. The Balaban J connectivity index is 2.26. The molecule has 4 nitrogen and oxygen atoms in total. The van der Waals surface area contributed by atoms with Crippen LogP contribution in [0.3, 0.4) is 0 Å². The lowest BCUT2D eigenvalue weighted by molar-refractivity contribution is 0.412. The molecule has 0 aliphatic heterocycles. The monoisotopic (exact) mass is 282 g/mol. The number of hydrogen-bond acceptors (Lipinski definition) is 3. The molecule has 1 aromatic rings. The molecular weight excluding hydrogens is 260 g/mol. The molecule has 1 fully saturated rings. The minimum absolute atomic E-state index is 0.0553. The number of nitrogen functional groups attached to an aromatic ring is 1. The van der Waals surface area contributed by atoms with Crippen molar-refractivity contribution in [2.24, 2.45) is 0 Å². The average molecular weight is 282 g/mol. The maximum absolute atomic E-state index is 12.4. The molecule has 0 amide bonds. The van der Waals surface area contributed by atoms with E-state index in [9.17, 15) is 8.42 Å². The second-order valence-electron chi connectivity index (χ2n) is 5.43. The number of hydrogen-bond donors (Lipinski definition) is 2. The molecule has 1 aliphatic carbocycles. The van der Waals surface area contributed by atoms with Gasteiger partial charge in [0.15, 0.2) is 0 Å². The summed E-state index contributed by atoms with van der Waals surface area (Å²) in [7, 11) is -3.50. The van der Waals surface area contributed by atoms with E-state index in [0.29, 0.717) is 5.69 Å². The second kappa shape index (κ2) is 5.51. The summed E-state index contributed by atoms with van der Waals surface area (Å²) in [6, 6.07) is 3.44. The van der Waals surface area contributed by atoms with Crippen LogP contribution in [0.15, 0.2) is 17.0 Å². The maximum atomic E-state index is 12.4. The normalized spacial score (nSPS) is 17.6. The molecule has 0 atom stereocenters. The van der Waals surface area contributed by atoms with Gasteiger partial charge in [-0.3, -0.25) is 0 Å². The number of sulfonamides is 1. The summed E-state index contributed by atoms with van der Waals surface area (Å²) in [4.78, 5) is 0.209. The van der Waals surface area contributed by atoms with E-state index in [4.69, 9.17) is 5.73 Å². The van der Waals surface area contributed by atoms with Crippen molar-refractivity contribution in [1.29, 1.82) is 0 Å². The summed E-state index contributed by atoms with van der Waals surface area (Å²) in [5, 5.41) is 0. The van der Waals surface area contributed by atoms with E-state index in [0.717, 1.165) is 36.8 Å². The maximum Gasteiger partial charge on any atom is 0.242 e. The summed E-state index contributed by atoms with van der Waals surface area (Å²) >= 11 is 0. The lowest BCUT2D eigenvalue weighted by Gasteiger charge is -2.23. The summed E-state index contributed by atoms with van der Waals surface area (Å²) in [6.45, 7) is 3.82. The smallest absolute Gasteiger partial charge is 0.242 e. The highest BCUT2D eigenvalue weighted by Crippen LogP contribution is 2.25. The Kier molecular flexibility index (Phi) is 4.16. The zero-order chi connectivity index (χ0) is 14.0. The zero-order valence-corrected chi connectivity index (χ0v) is 12.4. The van der Waals surface area contributed by atoms with E-state index in [1.165, 1.54) is 6.42 Å². The van der Waals surface area contributed by atoms with Gasteiger partial charge in [0.1, 0.15) is 4.90 Å². The van der Waals surface area contributed by atoms with Crippen molar-refractivity contribution in [1.82, 2.24) is 4.72 Å². The van der Waals surface area contributed by atoms with Crippen LogP contribution in [0.25, 0.3) is 0 Å². The fraction of sp³-hybridized carbons (Fsp3) is 0.571. The molecule has 0 bridgehead atoms. The molecular formula is C14H22N2O2S. The highest BCUT2D eigenvalue weighted by atomic mass is 32.2. The Morgan fingerprint density at radius 3 is 2.32 bits per heavy atom. The third-order valence-corrected chi connectivity index (χ3v) is 5.42. The van der Waals surface area contributed by atoms with Gasteiger partial charge in [-0.1, -0.05) is 19.3 Å². The second-order valence-corrected chi connectivity index (χ2v) is 7.11. The fourth-order valence-corrected chi connectivity index (χ4v) is 4.05. The van der Waals surface area contributed by atoms with Crippen molar-refractivity contribution in [2.45, 2.75) is 56.9 Å². The van der Waals surface area contributed by atoms with Crippen molar-refractivity contribution in [3.05, 3.63) is 23.3 Å². The molecule has 5 heteroatoms. The summed E-state index contributed by atoms with van der Waals surface area (Å²) in [5.41, 5.74) is 8.14. The molecule has 0 spiro atoms. The lowest BCUT2D eigenvalue weighted by Crippen LogP contribution is -2.36. The summed E-state index contributed by atoms with van der Waals surface area (Å²) in [5.74, 6) is 0. The average Bonchev–Trinajstić information content (AvgIpc) is 2.34. The fourth-order valence-electron chi connectivity index (χ4n) is 2.55. The highest BCUT2D eigenvalue weighted by Gasteiger charge is 2.23. The van der Waals surface area contributed by atoms with Crippen LogP contribution in [-0.4, -0.2) is 14.5 Å². The van der Waals surface area contributed by atoms with E-state index < -0.39 is 10.0 Å². The van der Waals surface area contributed by atoms with Gasteiger partial charge in [0.2, 0.25) is 10.0 Å². The molecule has 106 valence electrons. The van der Waals surface area contributed by atoms with Crippen molar-refractivity contribution in [2.75, 3.05) is 5.73 Å². The molecule has 2 rings (SSSR count). The number of benzene rings is 1. The van der Waals surface area contributed by atoms with Gasteiger partial charge in [-0.2, -0.15) is 0 Å². The van der Waals surface area contributed by atoms with Crippen LogP contribution in [0.2, 0.25) is 0 Å². The quantitative estimate of drug-likeness (QED) is 0.837. The molecule has 19 heavy (non-hydrogen) atoms. The minimum Gasteiger partial charge on any atom is -0.398 e.